The monoisotopic (exact) mass is 427 g/mol. The third-order valence-electron chi connectivity index (χ3n) is 4.72. The Balaban J connectivity index is 0.000000266. The average molecular weight is 428 g/mol. The molecule has 0 amide bonds. The quantitative estimate of drug-likeness (QED) is 0.571. The van der Waals surface area contributed by atoms with Crippen molar-refractivity contribution < 1.29 is 4.74 Å². The van der Waals surface area contributed by atoms with Gasteiger partial charge in [-0.05, 0) is 44.4 Å². The minimum absolute atomic E-state index is 0.403. The zero-order chi connectivity index (χ0) is 22.7. The van der Waals surface area contributed by atoms with E-state index in [1.807, 2.05) is 32.4 Å². The van der Waals surface area contributed by atoms with Crippen molar-refractivity contribution in [1.82, 2.24) is 4.98 Å². The van der Waals surface area contributed by atoms with Crippen LogP contribution < -0.4 is 5.73 Å². The van der Waals surface area contributed by atoms with Crippen LogP contribution >= 0.6 is 11.3 Å². The maximum absolute atomic E-state index is 8.87. The Kier molecular flexibility index (Phi) is 11.1. The summed E-state index contributed by atoms with van der Waals surface area (Å²) in [5.41, 5.74) is 7.81. The normalized spacial score (nSPS) is 16.3. The number of methoxy groups -OCH3 is 1. The van der Waals surface area contributed by atoms with E-state index in [9.17, 15) is 0 Å². The van der Waals surface area contributed by atoms with Crippen molar-refractivity contribution in [3.63, 3.8) is 0 Å². The highest BCUT2D eigenvalue weighted by atomic mass is 32.1. The summed E-state index contributed by atoms with van der Waals surface area (Å²) in [7, 11) is 1.85. The second-order valence-electron chi connectivity index (χ2n) is 8.01. The van der Waals surface area contributed by atoms with Gasteiger partial charge in [0, 0.05) is 41.4 Å². The number of hydrogen-bond acceptors (Lipinski definition) is 5. The number of rotatable bonds is 3. The van der Waals surface area contributed by atoms with E-state index in [1.54, 1.807) is 30.7 Å². The molecule has 2 N–H and O–H groups in total. The van der Waals surface area contributed by atoms with Gasteiger partial charge in [-0.25, -0.2) is 0 Å². The molecule has 1 atom stereocenters. The highest BCUT2D eigenvalue weighted by molar-refractivity contribution is 7.17. The van der Waals surface area contributed by atoms with Crippen LogP contribution in [0.1, 0.15) is 84.4 Å². The summed E-state index contributed by atoms with van der Waals surface area (Å²) < 4.78 is 6.39. The molecule has 4 rings (SSSR count). The van der Waals surface area contributed by atoms with E-state index in [0.717, 1.165) is 33.0 Å². The van der Waals surface area contributed by atoms with Gasteiger partial charge in [-0.2, -0.15) is 5.26 Å². The maximum atomic E-state index is 8.87. The minimum Gasteiger partial charge on any atom is -0.378 e. The molecule has 2 aromatic heterocycles. The summed E-state index contributed by atoms with van der Waals surface area (Å²) in [5, 5.41) is 11.8. The lowest BCUT2D eigenvalue weighted by Gasteiger charge is -2.09. The average Bonchev–Trinajstić information content (AvgIpc) is 3.66. The van der Waals surface area contributed by atoms with Gasteiger partial charge in [0.1, 0.15) is 6.04 Å². The molecular formula is C25H37N3OS. The number of fused-ring (bicyclic) bond motifs is 1. The SMILES string of the molecule is CC.CC#Cc1csc2cncc(C(N)C#N)c12.CC(C)C.COC1(C2CC2)CC1. The smallest absolute Gasteiger partial charge is 0.121 e. The largest absolute Gasteiger partial charge is 0.378 e. The predicted molar refractivity (Wildman–Crippen MR) is 128 cm³/mol. The maximum Gasteiger partial charge on any atom is 0.121 e. The molecule has 164 valence electrons. The Hall–Kier alpha value is -1.92. The molecular weight excluding hydrogens is 390 g/mol. The third-order valence-corrected chi connectivity index (χ3v) is 5.64. The molecule has 0 spiro atoms. The van der Waals surface area contributed by atoms with Crippen molar-refractivity contribution in [1.29, 1.82) is 5.26 Å². The van der Waals surface area contributed by atoms with Crippen LogP contribution in [0.15, 0.2) is 17.8 Å². The van der Waals surface area contributed by atoms with Gasteiger partial charge >= 0.3 is 0 Å². The molecule has 0 aliphatic heterocycles. The summed E-state index contributed by atoms with van der Waals surface area (Å²) in [6.07, 6.45) is 8.92. The van der Waals surface area contributed by atoms with Crippen LogP contribution in [-0.2, 0) is 4.74 Å². The Labute approximate surface area is 186 Å². The van der Waals surface area contributed by atoms with Crippen molar-refractivity contribution in [2.75, 3.05) is 7.11 Å². The Bertz CT molecular complexity index is 874. The summed E-state index contributed by atoms with van der Waals surface area (Å²) in [5.74, 6) is 7.66. The van der Waals surface area contributed by atoms with Gasteiger partial charge in [-0.1, -0.05) is 40.5 Å². The zero-order valence-electron chi connectivity index (χ0n) is 19.6. The summed E-state index contributed by atoms with van der Waals surface area (Å²) in [4.78, 5) is 4.09. The molecule has 0 radical (unpaired) electrons. The lowest BCUT2D eigenvalue weighted by atomic mass is 10.0. The van der Waals surface area contributed by atoms with Crippen LogP contribution in [-0.4, -0.2) is 17.7 Å². The lowest BCUT2D eigenvalue weighted by molar-refractivity contribution is 0.0614. The number of pyridine rings is 1. The van der Waals surface area contributed by atoms with E-state index in [4.69, 9.17) is 15.7 Å². The fourth-order valence-electron chi connectivity index (χ4n) is 3.06. The van der Waals surface area contributed by atoms with Gasteiger partial charge in [0.2, 0.25) is 0 Å². The number of aromatic nitrogens is 1. The molecule has 0 aromatic carbocycles. The first kappa shape index (κ1) is 26.1. The second-order valence-corrected chi connectivity index (χ2v) is 8.92. The van der Waals surface area contributed by atoms with Gasteiger partial charge in [0.05, 0.1) is 16.4 Å². The first-order valence-electron chi connectivity index (χ1n) is 10.9. The fourth-order valence-corrected chi connectivity index (χ4v) is 3.95. The number of nitriles is 1. The van der Waals surface area contributed by atoms with E-state index in [0.29, 0.717) is 5.60 Å². The van der Waals surface area contributed by atoms with E-state index in [-0.39, 0.29) is 0 Å². The number of thiophene rings is 1. The highest BCUT2D eigenvalue weighted by Gasteiger charge is 2.54. The van der Waals surface area contributed by atoms with E-state index < -0.39 is 6.04 Å². The van der Waals surface area contributed by atoms with Crippen LogP contribution in [0.4, 0.5) is 0 Å². The van der Waals surface area contributed by atoms with E-state index >= 15 is 0 Å². The standard InChI is InChI=1S/C12H9N3S.C7H12O.C4H10.C2H6/c1-2-3-8-7-16-11-6-15-5-9(12(8)11)10(14)4-13;1-8-7(4-5-7)6-2-3-6;1-4(2)3;1-2/h5-7,10H,14H2,1H3;6H,2-5H2,1H3;4H,1-3H3;1-2H3. The Morgan fingerprint density at radius 3 is 2.23 bits per heavy atom. The molecule has 1 unspecified atom stereocenters. The van der Waals surface area contributed by atoms with Crippen LogP contribution in [0, 0.1) is 35.0 Å². The fraction of sp³-hybridized carbons (Fsp3) is 0.600. The first-order chi connectivity index (χ1) is 14.4. The molecule has 0 bridgehead atoms. The van der Waals surface area contributed by atoms with Gasteiger partial charge < -0.3 is 10.5 Å². The Morgan fingerprint density at radius 1 is 1.23 bits per heavy atom. The van der Waals surface area contributed by atoms with Crippen molar-refractivity contribution >= 4 is 21.4 Å². The number of nitrogens with two attached hydrogens (primary N) is 1. The molecule has 2 aromatic rings. The molecule has 2 aliphatic carbocycles. The van der Waals surface area contributed by atoms with E-state index in [2.05, 4.69) is 37.6 Å². The number of ether oxygens (including phenoxy) is 1. The predicted octanol–water partition coefficient (Wildman–Crippen LogP) is 6.45. The van der Waals surface area contributed by atoms with Crippen LogP contribution in [0.3, 0.4) is 0 Å². The molecule has 5 heteroatoms. The molecule has 2 fully saturated rings. The lowest BCUT2D eigenvalue weighted by Crippen LogP contribution is -2.13. The topological polar surface area (TPSA) is 71.9 Å². The summed E-state index contributed by atoms with van der Waals surface area (Å²) >= 11 is 1.57. The van der Waals surface area contributed by atoms with Crippen molar-refractivity contribution in [3.05, 3.63) is 28.9 Å². The van der Waals surface area contributed by atoms with Gasteiger partial charge in [0.15, 0.2) is 0 Å². The molecule has 2 saturated carbocycles. The number of nitrogens with zero attached hydrogens (tertiary/aromatic N) is 2. The molecule has 0 saturated heterocycles. The van der Waals surface area contributed by atoms with Crippen molar-refractivity contribution in [2.45, 2.75) is 78.9 Å². The summed E-state index contributed by atoms with van der Waals surface area (Å²) in [6, 6.07) is 1.38. The van der Waals surface area contributed by atoms with Gasteiger partial charge in [-0.15, -0.1) is 17.3 Å². The van der Waals surface area contributed by atoms with Crippen molar-refractivity contribution in [3.8, 4) is 17.9 Å². The van der Waals surface area contributed by atoms with Crippen LogP contribution in [0.2, 0.25) is 0 Å². The third kappa shape index (κ3) is 7.40. The van der Waals surface area contributed by atoms with Gasteiger partial charge in [-0.3, -0.25) is 4.98 Å². The summed E-state index contributed by atoms with van der Waals surface area (Å²) in [6.45, 7) is 12.3. The molecule has 2 aliphatic rings. The number of hydrogen-bond donors (Lipinski definition) is 1. The second kappa shape index (κ2) is 12.7. The van der Waals surface area contributed by atoms with Crippen LogP contribution in [0.25, 0.3) is 10.1 Å². The molecule has 4 nitrogen and oxygen atoms in total. The van der Waals surface area contributed by atoms with Gasteiger partial charge in [0.25, 0.3) is 0 Å². The first-order valence-corrected chi connectivity index (χ1v) is 11.7. The molecule has 30 heavy (non-hydrogen) atoms. The highest BCUT2D eigenvalue weighted by Crippen LogP contribution is 2.55. The minimum atomic E-state index is -0.650. The van der Waals surface area contributed by atoms with E-state index in [1.165, 1.54) is 25.7 Å². The van der Waals surface area contributed by atoms with Crippen molar-refractivity contribution in [2.24, 2.45) is 17.6 Å². The molecule has 2 heterocycles. The zero-order valence-corrected chi connectivity index (χ0v) is 20.4. The van der Waals surface area contributed by atoms with Crippen LogP contribution in [0.5, 0.6) is 0 Å². The Morgan fingerprint density at radius 2 is 1.83 bits per heavy atom.